The molecule has 1 heterocycles. The van der Waals surface area contributed by atoms with Crippen LogP contribution < -0.4 is 0 Å². The molecule has 0 spiro atoms. The fraction of sp³-hybridized carbons (Fsp3) is 0.646. The summed E-state index contributed by atoms with van der Waals surface area (Å²) in [6.45, 7) is 4.29. The van der Waals surface area contributed by atoms with Crippen LogP contribution in [0, 0.1) is 0 Å². The van der Waals surface area contributed by atoms with E-state index >= 15 is 0 Å². The van der Waals surface area contributed by atoms with Crippen LogP contribution in [0.15, 0.2) is 134 Å². The minimum Gasteiger partial charge on any atom is -0.457 e. The molecule has 0 aliphatic carbocycles. The number of hydrogen-bond acceptors (Lipinski definition) is 9. The summed E-state index contributed by atoms with van der Waals surface area (Å²) in [7, 11) is 0. The van der Waals surface area contributed by atoms with Crippen molar-refractivity contribution in [1.29, 1.82) is 0 Å². The molecule has 6 atom stereocenters. The largest absolute Gasteiger partial charge is 0.457 e. The van der Waals surface area contributed by atoms with Gasteiger partial charge in [-0.05, 0) is 109 Å². The van der Waals surface area contributed by atoms with Crippen molar-refractivity contribution in [3.05, 3.63) is 134 Å². The monoisotopic (exact) mass is 1030 g/mol. The van der Waals surface area contributed by atoms with E-state index in [-0.39, 0.29) is 19.2 Å². The zero-order chi connectivity index (χ0) is 53.5. The number of esters is 1. The van der Waals surface area contributed by atoms with Gasteiger partial charge in [0.1, 0.15) is 30.5 Å². The Labute approximate surface area is 451 Å². The van der Waals surface area contributed by atoms with E-state index in [9.17, 15) is 25.2 Å². The first-order valence-electron chi connectivity index (χ1n) is 29.3. The predicted octanol–water partition coefficient (Wildman–Crippen LogP) is 15.6. The molecule has 0 aromatic carbocycles. The Bertz CT molecular complexity index is 1600. The minimum atomic E-state index is -1.55. The molecular formula is C65H106O9. The van der Waals surface area contributed by atoms with Gasteiger partial charge in [-0.2, -0.15) is 0 Å². The molecule has 4 N–H and O–H groups in total. The average molecular weight is 1030 g/mol. The second-order valence-corrected chi connectivity index (χ2v) is 19.3. The Balaban J connectivity index is 2.19. The van der Waals surface area contributed by atoms with E-state index in [0.717, 1.165) is 128 Å². The van der Waals surface area contributed by atoms with Crippen molar-refractivity contribution in [1.82, 2.24) is 0 Å². The Morgan fingerprint density at radius 3 is 1.18 bits per heavy atom. The maximum absolute atomic E-state index is 12.9. The third-order valence-corrected chi connectivity index (χ3v) is 12.6. The molecule has 0 aromatic heterocycles. The van der Waals surface area contributed by atoms with E-state index in [1.807, 2.05) is 0 Å². The van der Waals surface area contributed by atoms with Crippen molar-refractivity contribution in [3.8, 4) is 0 Å². The van der Waals surface area contributed by atoms with Crippen LogP contribution in [0.1, 0.15) is 206 Å². The summed E-state index contributed by atoms with van der Waals surface area (Å²) in [4.78, 5) is 12.9. The third-order valence-electron chi connectivity index (χ3n) is 12.6. The number of hydrogen-bond donors (Lipinski definition) is 4. The summed E-state index contributed by atoms with van der Waals surface area (Å²) < 4.78 is 23.0. The summed E-state index contributed by atoms with van der Waals surface area (Å²) in [5.41, 5.74) is 0. The van der Waals surface area contributed by atoms with Crippen molar-refractivity contribution < 1.29 is 44.2 Å². The van der Waals surface area contributed by atoms with Crippen LogP contribution >= 0.6 is 0 Å². The molecule has 1 saturated heterocycles. The third kappa shape index (κ3) is 43.6. The summed E-state index contributed by atoms with van der Waals surface area (Å²) in [6.07, 6.45) is 73.4. The van der Waals surface area contributed by atoms with Crippen LogP contribution in [-0.4, -0.2) is 89.6 Å². The highest BCUT2D eigenvalue weighted by atomic mass is 16.7. The Morgan fingerprint density at radius 1 is 0.432 bits per heavy atom. The van der Waals surface area contributed by atoms with Crippen molar-refractivity contribution in [2.45, 2.75) is 243 Å². The van der Waals surface area contributed by atoms with Crippen LogP contribution in [-0.2, 0) is 23.7 Å². The van der Waals surface area contributed by atoms with Gasteiger partial charge in [0.05, 0.1) is 19.8 Å². The fourth-order valence-corrected chi connectivity index (χ4v) is 8.11. The van der Waals surface area contributed by atoms with Gasteiger partial charge in [0.15, 0.2) is 6.29 Å². The lowest BCUT2D eigenvalue weighted by Crippen LogP contribution is -2.59. The van der Waals surface area contributed by atoms with Gasteiger partial charge in [0, 0.05) is 13.0 Å². The molecule has 0 radical (unpaired) electrons. The van der Waals surface area contributed by atoms with Crippen molar-refractivity contribution >= 4 is 5.97 Å². The first-order valence-corrected chi connectivity index (χ1v) is 29.3. The van der Waals surface area contributed by atoms with Gasteiger partial charge in [0.2, 0.25) is 0 Å². The second-order valence-electron chi connectivity index (χ2n) is 19.3. The molecule has 9 heteroatoms. The minimum absolute atomic E-state index is 0.125. The van der Waals surface area contributed by atoms with Crippen LogP contribution in [0.4, 0.5) is 0 Å². The van der Waals surface area contributed by atoms with Crippen molar-refractivity contribution in [2.75, 3.05) is 26.4 Å². The zero-order valence-corrected chi connectivity index (χ0v) is 46.5. The summed E-state index contributed by atoms with van der Waals surface area (Å²) >= 11 is 0. The van der Waals surface area contributed by atoms with Gasteiger partial charge in [-0.1, -0.05) is 225 Å². The zero-order valence-electron chi connectivity index (χ0n) is 46.5. The number of carbonyl (C=O) groups excluding carboxylic acids is 1. The van der Waals surface area contributed by atoms with Gasteiger partial charge >= 0.3 is 5.97 Å². The van der Waals surface area contributed by atoms with Crippen LogP contribution in [0.3, 0.4) is 0 Å². The highest BCUT2D eigenvalue weighted by Crippen LogP contribution is 2.23. The Kier molecular flexibility index (Phi) is 50.0. The molecule has 1 rings (SSSR count). The molecule has 0 saturated carbocycles. The van der Waals surface area contributed by atoms with Gasteiger partial charge in [0.25, 0.3) is 0 Å². The highest BCUT2D eigenvalue weighted by Gasteiger charge is 2.44. The lowest BCUT2D eigenvalue weighted by molar-refractivity contribution is -0.305. The number of ether oxygens (including phenoxy) is 4. The summed E-state index contributed by atoms with van der Waals surface area (Å²) in [5, 5.41) is 40.4. The number of carbonyl (C=O) groups is 1. The Morgan fingerprint density at radius 2 is 0.784 bits per heavy atom. The summed E-state index contributed by atoms with van der Waals surface area (Å²) in [6, 6.07) is 0. The molecule has 1 fully saturated rings. The molecule has 0 bridgehead atoms. The molecule has 9 nitrogen and oxygen atoms in total. The number of allylic oxidation sites excluding steroid dienone is 22. The van der Waals surface area contributed by atoms with E-state index in [1.165, 1.54) is 57.8 Å². The predicted molar refractivity (Wildman–Crippen MR) is 311 cm³/mol. The molecule has 420 valence electrons. The number of unbranched alkanes of at least 4 members (excludes halogenated alkanes) is 16. The van der Waals surface area contributed by atoms with E-state index < -0.39 is 43.4 Å². The van der Waals surface area contributed by atoms with Crippen LogP contribution in [0.5, 0.6) is 0 Å². The quantitative estimate of drug-likeness (QED) is 0.0267. The van der Waals surface area contributed by atoms with E-state index in [2.05, 4.69) is 148 Å². The van der Waals surface area contributed by atoms with Crippen LogP contribution in [0.2, 0.25) is 0 Å². The molecule has 74 heavy (non-hydrogen) atoms. The lowest BCUT2D eigenvalue weighted by Gasteiger charge is -2.39. The Hall–Kier alpha value is -3.67. The molecule has 1 aliphatic heterocycles. The lowest BCUT2D eigenvalue weighted by atomic mass is 9.99. The number of rotatable bonds is 49. The molecule has 0 aromatic rings. The fourth-order valence-electron chi connectivity index (χ4n) is 8.11. The highest BCUT2D eigenvalue weighted by molar-refractivity contribution is 5.69. The van der Waals surface area contributed by atoms with E-state index in [1.54, 1.807) is 0 Å². The van der Waals surface area contributed by atoms with Crippen molar-refractivity contribution in [2.24, 2.45) is 0 Å². The van der Waals surface area contributed by atoms with Gasteiger partial charge in [-0.3, -0.25) is 4.79 Å². The molecule has 1 aliphatic rings. The molecule has 0 amide bonds. The van der Waals surface area contributed by atoms with Gasteiger partial charge < -0.3 is 39.4 Å². The first-order chi connectivity index (χ1) is 36.4. The van der Waals surface area contributed by atoms with Crippen LogP contribution in [0.25, 0.3) is 0 Å². The molecular weight excluding hydrogens is 925 g/mol. The topological polar surface area (TPSA) is 135 Å². The smallest absolute Gasteiger partial charge is 0.306 e. The maximum atomic E-state index is 12.9. The van der Waals surface area contributed by atoms with Gasteiger partial charge in [-0.25, -0.2) is 0 Å². The normalized spacial score (nSPS) is 19.6. The number of aliphatic hydroxyl groups excluding tert-OH is 4. The number of aliphatic hydroxyl groups is 4. The second kappa shape index (κ2) is 54.1. The van der Waals surface area contributed by atoms with E-state index in [0.29, 0.717) is 13.0 Å². The maximum Gasteiger partial charge on any atom is 0.306 e. The summed E-state index contributed by atoms with van der Waals surface area (Å²) in [5.74, 6) is -0.329. The average Bonchev–Trinajstić information content (AvgIpc) is 3.40. The van der Waals surface area contributed by atoms with Crippen molar-refractivity contribution in [3.63, 3.8) is 0 Å². The van der Waals surface area contributed by atoms with Gasteiger partial charge in [-0.15, -0.1) is 0 Å². The first kappa shape index (κ1) is 68.3. The molecule has 6 unspecified atom stereocenters. The SMILES string of the molecule is CC/C=C\C/C=C\C/C=C\C/C=C\C/C=C\C/C=C\CCCCCCCCCOCC(COC1OC(CO)C(O)C(O)C1O)OC(=O)CCCCCCCCCCC/C=C\C/C=C\C/C=C\C/C=C\C/C=C\CC. The van der Waals surface area contributed by atoms with E-state index in [4.69, 9.17) is 18.9 Å². The standard InChI is InChI=1S/C65H106O9/c1-3-5-7-9-11-13-15-17-19-21-23-25-27-29-31-33-35-37-39-41-43-45-47-49-51-53-55-71-57-59(58-72-65-64(70)63(69)62(68)60(56-66)74-65)73-61(67)54-52-50-48-46-44-42-40-38-36-34-32-30-28-26-24-22-20-18-16-14-12-10-8-6-4-2/h5-8,11-14,17-20,23-26,29-32,35,37,59-60,62-66,68-70H,3-4,9-10,15-16,21-22,27-28,33-34,36,38-58H2,1-2H3/b7-5-,8-6-,13-11-,14-12-,19-17-,20-18-,25-23-,26-24-,31-29-,32-30-,37-35-.